The zero-order valence-corrected chi connectivity index (χ0v) is 18.4. The molecule has 1 amide bonds. The molecule has 2 aromatic rings. The molecule has 1 heterocycles. The third-order valence-corrected chi connectivity index (χ3v) is 5.08. The van der Waals surface area contributed by atoms with Gasteiger partial charge in [0.1, 0.15) is 11.5 Å². The van der Waals surface area contributed by atoms with Gasteiger partial charge in [-0.05, 0) is 49.4 Å². The molecule has 0 atom stereocenters. The number of amides is 1. The highest BCUT2D eigenvalue weighted by Gasteiger charge is 2.38. The molecule has 1 aliphatic heterocycles. The lowest BCUT2D eigenvalue weighted by molar-refractivity contribution is -0.136. The number of hydrogen-bond acceptors (Lipinski definition) is 7. The van der Waals surface area contributed by atoms with E-state index in [0.29, 0.717) is 34.0 Å². The van der Waals surface area contributed by atoms with E-state index in [1.807, 2.05) is 0 Å². The van der Waals surface area contributed by atoms with Crippen molar-refractivity contribution in [3.05, 3.63) is 70.4 Å². The quantitative estimate of drug-likeness (QED) is 0.505. The molecule has 2 aromatic carbocycles. The molecule has 8 heteroatoms. The fourth-order valence-corrected chi connectivity index (χ4v) is 3.45. The molecule has 0 aromatic heterocycles. The van der Waals surface area contributed by atoms with E-state index in [9.17, 15) is 14.4 Å². The van der Waals surface area contributed by atoms with Crippen LogP contribution in [0.15, 0.2) is 59.3 Å². The number of esters is 2. The number of benzene rings is 2. The number of anilines is 1. The maximum atomic E-state index is 13.4. The Bertz CT molecular complexity index is 1130. The molecule has 0 aliphatic carbocycles. The van der Waals surface area contributed by atoms with Crippen LogP contribution in [-0.2, 0) is 19.1 Å². The third-order valence-electron chi connectivity index (χ3n) is 5.08. The molecule has 0 saturated heterocycles. The minimum Gasteiger partial charge on any atom is -0.497 e. The van der Waals surface area contributed by atoms with Crippen LogP contribution in [0.4, 0.5) is 5.69 Å². The topological polar surface area (TPSA) is 91.4 Å². The number of rotatable bonds is 6. The average Bonchev–Trinajstić information content (AvgIpc) is 3.07. The van der Waals surface area contributed by atoms with Crippen LogP contribution in [0.25, 0.3) is 6.08 Å². The molecule has 0 spiro atoms. The standard InChI is InChI=1S/C24H23NO7/c1-14-21(24(28)32-5)19(12-16-8-11-18(29-2)13-20(16)30-3)22(26)25(14)17-9-6-15(7-10-17)23(27)31-4/h6-13H,1-5H3/b19-12-. The average molecular weight is 437 g/mol. The van der Waals surface area contributed by atoms with Gasteiger partial charge in [-0.1, -0.05) is 0 Å². The van der Waals surface area contributed by atoms with Gasteiger partial charge in [0.25, 0.3) is 5.91 Å². The van der Waals surface area contributed by atoms with Crippen LogP contribution in [-0.4, -0.2) is 46.3 Å². The maximum absolute atomic E-state index is 13.4. The molecule has 3 rings (SSSR count). The minimum absolute atomic E-state index is 0.146. The van der Waals surface area contributed by atoms with E-state index < -0.39 is 17.8 Å². The van der Waals surface area contributed by atoms with Crippen molar-refractivity contribution in [2.45, 2.75) is 6.92 Å². The number of ether oxygens (including phenoxy) is 4. The van der Waals surface area contributed by atoms with Crippen molar-refractivity contribution in [1.82, 2.24) is 0 Å². The second-order valence-corrected chi connectivity index (χ2v) is 6.80. The monoisotopic (exact) mass is 437 g/mol. The van der Waals surface area contributed by atoms with Crippen LogP contribution in [0.3, 0.4) is 0 Å². The van der Waals surface area contributed by atoms with E-state index in [1.165, 1.54) is 33.3 Å². The lowest BCUT2D eigenvalue weighted by atomic mass is 10.0. The van der Waals surface area contributed by atoms with Gasteiger partial charge >= 0.3 is 11.9 Å². The first-order valence-corrected chi connectivity index (χ1v) is 9.62. The Hall–Kier alpha value is -4.07. The molecule has 32 heavy (non-hydrogen) atoms. The van der Waals surface area contributed by atoms with Crippen LogP contribution < -0.4 is 14.4 Å². The zero-order valence-electron chi connectivity index (χ0n) is 18.4. The number of nitrogens with zero attached hydrogens (tertiary/aromatic N) is 1. The summed E-state index contributed by atoms with van der Waals surface area (Å²) in [6.45, 7) is 1.66. The van der Waals surface area contributed by atoms with Crippen LogP contribution >= 0.6 is 0 Å². The number of hydrogen-bond donors (Lipinski definition) is 0. The summed E-state index contributed by atoms with van der Waals surface area (Å²) >= 11 is 0. The van der Waals surface area contributed by atoms with Gasteiger partial charge in [-0.3, -0.25) is 9.69 Å². The fraction of sp³-hybridized carbons (Fsp3) is 0.208. The zero-order chi connectivity index (χ0) is 23.4. The van der Waals surface area contributed by atoms with Crippen LogP contribution in [0, 0.1) is 0 Å². The van der Waals surface area contributed by atoms with Crippen LogP contribution in [0.2, 0.25) is 0 Å². The van der Waals surface area contributed by atoms with Crippen molar-refractivity contribution in [3.8, 4) is 11.5 Å². The highest BCUT2D eigenvalue weighted by atomic mass is 16.5. The first kappa shape index (κ1) is 22.6. The van der Waals surface area contributed by atoms with E-state index >= 15 is 0 Å². The largest absolute Gasteiger partial charge is 0.497 e. The molecule has 0 radical (unpaired) electrons. The van der Waals surface area contributed by atoms with Crippen molar-refractivity contribution in [2.24, 2.45) is 0 Å². The van der Waals surface area contributed by atoms with Crippen molar-refractivity contribution >= 4 is 29.6 Å². The Morgan fingerprint density at radius 1 is 0.875 bits per heavy atom. The molecule has 8 nitrogen and oxygen atoms in total. The summed E-state index contributed by atoms with van der Waals surface area (Å²) in [5, 5.41) is 0. The molecule has 0 saturated carbocycles. The van der Waals surface area contributed by atoms with Gasteiger partial charge in [-0.25, -0.2) is 9.59 Å². The van der Waals surface area contributed by atoms with Gasteiger partial charge < -0.3 is 18.9 Å². The molecular formula is C24H23NO7. The number of allylic oxidation sites excluding steroid dienone is 1. The van der Waals surface area contributed by atoms with Crippen molar-refractivity contribution in [1.29, 1.82) is 0 Å². The highest BCUT2D eigenvalue weighted by molar-refractivity contribution is 6.24. The summed E-state index contributed by atoms with van der Waals surface area (Å²) in [7, 11) is 5.59. The first-order valence-electron chi connectivity index (χ1n) is 9.62. The third kappa shape index (κ3) is 4.07. The predicted molar refractivity (Wildman–Crippen MR) is 118 cm³/mol. The van der Waals surface area contributed by atoms with Crippen LogP contribution in [0.5, 0.6) is 11.5 Å². The Kier molecular flexibility index (Phi) is 6.63. The molecule has 166 valence electrons. The van der Waals surface area contributed by atoms with Crippen molar-refractivity contribution < 1.29 is 33.3 Å². The fourth-order valence-electron chi connectivity index (χ4n) is 3.45. The van der Waals surface area contributed by atoms with Crippen LogP contribution in [0.1, 0.15) is 22.8 Å². The van der Waals surface area contributed by atoms with Gasteiger partial charge in [-0.2, -0.15) is 0 Å². The smallest absolute Gasteiger partial charge is 0.340 e. The Morgan fingerprint density at radius 3 is 2.09 bits per heavy atom. The Labute approximate surface area is 185 Å². The summed E-state index contributed by atoms with van der Waals surface area (Å²) in [6.07, 6.45) is 1.58. The van der Waals surface area contributed by atoms with E-state index in [1.54, 1.807) is 55.5 Å². The van der Waals surface area contributed by atoms with Crippen molar-refractivity contribution in [2.75, 3.05) is 33.3 Å². The van der Waals surface area contributed by atoms with E-state index in [0.717, 1.165) is 0 Å². The van der Waals surface area contributed by atoms with Gasteiger partial charge in [0.2, 0.25) is 0 Å². The lowest BCUT2D eigenvalue weighted by Crippen LogP contribution is -2.24. The second kappa shape index (κ2) is 9.38. The summed E-state index contributed by atoms with van der Waals surface area (Å²) in [4.78, 5) is 39.1. The van der Waals surface area contributed by atoms with Gasteiger partial charge in [0, 0.05) is 23.0 Å². The molecule has 0 bridgehead atoms. The van der Waals surface area contributed by atoms with E-state index in [2.05, 4.69) is 0 Å². The first-order chi connectivity index (χ1) is 15.4. The summed E-state index contributed by atoms with van der Waals surface area (Å²) < 4.78 is 20.3. The Morgan fingerprint density at radius 2 is 1.53 bits per heavy atom. The molecule has 0 N–H and O–H groups in total. The van der Waals surface area contributed by atoms with Gasteiger partial charge in [-0.15, -0.1) is 0 Å². The minimum atomic E-state index is -0.636. The molecule has 0 unspecified atom stereocenters. The lowest BCUT2D eigenvalue weighted by Gasteiger charge is -2.18. The van der Waals surface area contributed by atoms with Gasteiger partial charge in [0.15, 0.2) is 0 Å². The highest BCUT2D eigenvalue weighted by Crippen LogP contribution is 2.37. The second-order valence-electron chi connectivity index (χ2n) is 6.80. The number of carbonyl (C=O) groups is 3. The normalized spacial score (nSPS) is 14.6. The maximum Gasteiger partial charge on any atom is 0.340 e. The van der Waals surface area contributed by atoms with Gasteiger partial charge in [0.05, 0.1) is 45.1 Å². The molecule has 1 aliphatic rings. The SMILES string of the molecule is COC(=O)C1=C(C)N(c2ccc(C(=O)OC)cc2)C(=O)/C1=C\c1ccc(OC)cc1OC. The summed E-state index contributed by atoms with van der Waals surface area (Å²) in [5.74, 6) is -0.463. The summed E-state index contributed by atoms with van der Waals surface area (Å²) in [5.41, 5.74) is 2.14. The van der Waals surface area contributed by atoms with E-state index in [-0.39, 0.29) is 11.1 Å². The molecule has 0 fully saturated rings. The van der Waals surface area contributed by atoms with E-state index in [4.69, 9.17) is 18.9 Å². The molecular weight excluding hydrogens is 414 g/mol. The summed E-state index contributed by atoms with van der Waals surface area (Å²) in [6, 6.07) is 11.5. The number of methoxy groups -OCH3 is 4. The Balaban J connectivity index is 2.10. The number of carbonyl (C=O) groups excluding carboxylic acids is 3. The predicted octanol–water partition coefficient (Wildman–Crippen LogP) is 3.37. The van der Waals surface area contributed by atoms with Crippen molar-refractivity contribution in [3.63, 3.8) is 0 Å².